The third kappa shape index (κ3) is 2.29. The average Bonchev–Trinajstić information content (AvgIpc) is 2.96. The van der Waals surface area contributed by atoms with Crippen LogP contribution in [0.5, 0.6) is 0 Å². The largest absolute Gasteiger partial charge is 0.465 e. The number of imide groups is 1. The van der Waals surface area contributed by atoms with Gasteiger partial charge in [0, 0.05) is 4.88 Å². The van der Waals surface area contributed by atoms with Gasteiger partial charge in [-0.3, -0.25) is 14.5 Å². The van der Waals surface area contributed by atoms with Gasteiger partial charge in [0.1, 0.15) is 5.00 Å². The zero-order valence-electron chi connectivity index (χ0n) is 12.6. The Hall–Kier alpha value is -2.67. The van der Waals surface area contributed by atoms with Gasteiger partial charge in [0.05, 0.1) is 30.3 Å². The Morgan fingerprint density at radius 1 is 1.22 bits per heavy atom. The molecule has 0 aliphatic carbocycles. The van der Waals surface area contributed by atoms with Crippen LogP contribution in [0, 0.1) is 6.92 Å². The van der Waals surface area contributed by atoms with Crippen LogP contribution in [0.3, 0.4) is 0 Å². The van der Waals surface area contributed by atoms with Crippen molar-refractivity contribution in [3.63, 3.8) is 0 Å². The summed E-state index contributed by atoms with van der Waals surface area (Å²) in [5.41, 5.74) is 7.60. The van der Waals surface area contributed by atoms with Gasteiger partial charge < -0.3 is 10.5 Å². The fourth-order valence-corrected chi connectivity index (χ4v) is 3.67. The Labute approximate surface area is 136 Å². The Morgan fingerprint density at radius 2 is 1.78 bits per heavy atom. The minimum Gasteiger partial charge on any atom is -0.465 e. The number of anilines is 1. The lowest BCUT2D eigenvalue weighted by Crippen LogP contribution is -2.29. The summed E-state index contributed by atoms with van der Waals surface area (Å²) >= 11 is 1.19. The number of fused-ring (bicyclic) bond motifs is 1. The van der Waals surface area contributed by atoms with Crippen LogP contribution in [0.25, 0.3) is 0 Å². The fraction of sp³-hybridized carbons (Fsp3) is 0.188. The van der Waals surface area contributed by atoms with E-state index in [9.17, 15) is 14.4 Å². The molecule has 1 aliphatic heterocycles. The summed E-state index contributed by atoms with van der Waals surface area (Å²) in [5, 5.41) is 0.320. The van der Waals surface area contributed by atoms with Gasteiger partial charge in [0.2, 0.25) is 0 Å². The monoisotopic (exact) mass is 330 g/mol. The minimum absolute atomic E-state index is 0.0873. The summed E-state index contributed by atoms with van der Waals surface area (Å²) in [6.45, 7) is 1.82. The van der Waals surface area contributed by atoms with E-state index in [0.29, 0.717) is 32.1 Å². The Bertz CT molecular complexity index is 806. The number of hydrogen-bond donors (Lipinski definition) is 1. The minimum atomic E-state index is -0.523. The number of ether oxygens (including phenoxy) is 1. The van der Waals surface area contributed by atoms with E-state index in [2.05, 4.69) is 0 Å². The second-order valence-electron chi connectivity index (χ2n) is 5.12. The van der Waals surface area contributed by atoms with Crippen LogP contribution in [0.1, 0.15) is 41.5 Å². The number of benzene rings is 1. The molecule has 118 valence electrons. The molecule has 1 aromatic carbocycles. The topological polar surface area (TPSA) is 89.7 Å². The lowest BCUT2D eigenvalue weighted by atomic mass is 10.1. The first-order valence-electron chi connectivity index (χ1n) is 6.87. The van der Waals surface area contributed by atoms with Gasteiger partial charge in [0.25, 0.3) is 11.8 Å². The second-order valence-corrected chi connectivity index (χ2v) is 6.26. The van der Waals surface area contributed by atoms with Crippen LogP contribution in [0.15, 0.2) is 24.3 Å². The Balaban J connectivity index is 1.94. The number of rotatable bonds is 3. The zero-order valence-corrected chi connectivity index (χ0v) is 13.4. The molecule has 0 fully saturated rings. The van der Waals surface area contributed by atoms with Crippen molar-refractivity contribution >= 4 is 34.1 Å². The van der Waals surface area contributed by atoms with Crippen molar-refractivity contribution in [2.45, 2.75) is 13.5 Å². The number of carbonyl (C=O) groups excluding carboxylic acids is 3. The standard InChI is InChI=1S/C16H14N2O4S/c1-8-11(23-13(17)12(8)16(21)22-2)7-18-14(19)9-5-3-4-6-10(9)15(18)20/h3-6H,7,17H2,1-2H3. The number of nitrogen functional groups attached to an aromatic ring is 1. The van der Waals surface area contributed by atoms with E-state index >= 15 is 0 Å². The highest BCUT2D eigenvalue weighted by Gasteiger charge is 2.36. The summed E-state index contributed by atoms with van der Waals surface area (Å²) in [6, 6.07) is 6.70. The van der Waals surface area contributed by atoms with Crippen molar-refractivity contribution in [1.29, 1.82) is 0 Å². The molecule has 1 aromatic heterocycles. The number of amides is 2. The van der Waals surface area contributed by atoms with E-state index in [4.69, 9.17) is 10.5 Å². The highest BCUT2D eigenvalue weighted by Crippen LogP contribution is 2.34. The Morgan fingerprint density at radius 3 is 2.30 bits per heavy atom. The van der Waals surface area contributed by atoms with E-state index in [1.165, 1.54) is 23.3 Å². The average molecular weight is 330 g/mol. The van der Waals surface area contributed by atoms with Crippen molar-refractivity contribution in [2.75, 3.05) is 12.8 Å². The molecule has 2 heterocycles. The number of nitrogens with two attached hydrogens (primary N) is 1. The van der Waals surface area contributed by atoms with E-state index in [0.717, 1.165) is 0 Å². The summed E-state index contributed by atoms with van der Waals surface area (Å²) in [4.78, 5) is 38.4. The summed E-state index contributed by atoms with van der Waals surface area (Å²) in [7, 11) is 1.28. The molecule has 2 N–H and O–H groups in total. The predicted molar refractivity (Wildman–Crippen MR) is 85.5 cm³/mol. The van der Waals surface area contributed by atoms with Crippen LogP contribution >= 0.6 is 11.3 Å². The lowest BCUT2D eigenvalue weighted by molar-refractivity contribution is 0.0600. The highest BCUT2D eigenvalue weighted by molar-refractivity contribution is 7.16. The van der Waals surface area contributed by atoms with Crippen molar-refractivity contribution in [2.24, 2.45) is 0 Å². The Kier molecular flexibility index (Phi) is 3.65. The van der Waals surface area contributed by atoms with Crippen molar-refractivity contribution in [3.05, 3.63) is 51.4 Å². The van der Waals surface area contributed by atoms with Crippen molar-refractivity contribution in [3.8, 4) is 0 Å². The normalized spacial score (nSPS) is 13.4. The number of nitrogens with zero attached hydrogens (tertiary/aromatic N) is 1. The molecule has 1 aliphatic rings. The first-order valence-corrected chi connectivity index (χ1v) is 7.68. The first-order chi connectivity index (χ1) is 11.0. The third-order valence-electron chi connectivity index (χ3n) is 3.84. The number of esters is 1. The van der Waals surface area contributed by atoms with E-state index in [-0.39, 0.29) is 18.4 Å². The van der Waals surface area contributed by atoms with Crippen molar-refractivity contribution < 1.29 is 19.1 Å². The molecule has 0 atom stereocenters. The molecule has 7 heteroatoms. The van der Waals surface area contributed by atoms with Gasteiger partial charge in [-0.05, 0) is 24.6 Å². The second kappa shape index (κ2) is 5.51. The molecule has 2 amide bonds. The smallest absolute Gasteiger partial charge is 0.341 e. The van der Waals surface area contributed by atoms with E-state index in [1.807, 2.05) is 0 Å². The van der Waals surface area contributed by atoms with E-state index in [1.54, 1.807) is 31.2 Å². The fourth-order valence-electron chi connectivity index (χ4n) is 2.62. The van der Waals surface area contributed by atoms with Crippen LogP contribution < -0.4 is 5.73 Å². The van der Waals surface area contributed by atoms with Gasteiger partial charge in [-0.1, -0.05) is 12.1 Å². The maximum Gasteiger partial charge on any atom is 0.341 e. The molecule has 3 rings (SSSR count). The SMILES string of the molecule is COC(=O)c1c(N)sc(CN2C(=O)c3ccccc3C2=O)c1C. The first kappa shape index (κ1) is 15.2. The lowest BCUT2D eigenvalue weighted by Gasteiger charge is -2.13. The van der Waals surface area contributed by atoms with Gasteiger partial charge in [0.15, 0.2) is 0 Å². The number of methoxy groups -OCH3 is 1. The van der Waals surface area contributed by atoms with E-state index < -0.39 is 5.97 Å². The van der Waals surface area contributed by atoms with Gasteiger partial charge in [-0.15, -0.1) is 11.3 Å². The third-order valence-corrected chi connectivity index (χ3v) is 4.95. The highest BCUT2D eigenvalue weighted by atomic mass is 32.1. The molecule has 0 unspecified atom stereocenters. The molecule has 23 heavy (non-hydrogen) atoms. The van der Waals surface area contributed by atoms with Crippen LogP contribution in [-0.2, 0) is 11.3 Å². The van der Waals surface area contributed by atoms with Crippen LogP contribution in [0.2, 0.25) is 0 Å². The number of hydrogen-bond acceptors (Lipinski definition) is 6. The van der Waals surface area contributed by atoms with Gasteiger partial charge in [-0.2, -0.15) is 0 Å². The molecule has 0 bridgehead atoms. The quantitative estimate of drug-likeness (QED) is 0.688. The zero-order chi connectivity index (χ0) is 16.7. The molecule has 0 spiro atoms. The summed E-state index contributed by atoms with van der Waals surface area (Å²) in [5.74, 6) is -1.20. The number of carbonyl (C=O) groups is 3. The van der Waals surface area contributed by atoms with Gasteiger partial charge in [-0.25, -0.2) is 4.79 Å². The summed E-state index contributed by atoms with van der Waals surface area (Å²) in [6.07, 6.45) is 0. The maximum atomic E-state index is 12.4. The molecule has 2 aromatic rings. The maximum absolute atomic E-state index is 12.4. The van der Waals surface area contributed by atoms with Crippen molar-refractivity contribution in [1.82, 2.24) is 4.90 Å². The van der Waals surface area contributed by atoms with Gasteiger partial charge >= 0.3 is 5.97 Å². The predicted octanol–water partition coefficient (Wildman–Crippen LogP) is 2.22. The molecule has 0 saturated heterocycles. The van der Waals surface area contributed by atoms with Crippen LogP contribution in [0.4, 0.5) is 5.00 Å². The molecule has 0 saturated carbocycles. The molecular formula is C16H14N2O4S. The molecular weight excluding hydrogens is 316 g/mol. The van der Waals surface area contributed by atoms with Crippen LogP contribution in [-0.4, -0.2) is 29.8 Å². The molecule has 6 nitrogen and oxygen atoms in total. The molecule has 0 radical (unpaired) electrons. The number of thiophene rings is 1. The summed E-state index contributed by atoms with van der Waals surface area (Å²) < 4.78 is 4.71.